The van der Waals surface area contributed by atoms with Crippen LogP contribution in [0.5, 0.6) is 0 Å². The summed E-state index contributed by atoms with van der Waals surface area (Å²) < 4.78 is 2.28. The number of carbonyl (C=O) groups is 1. The van der Waals surface area contributed by atoms with Gasteiger partial charge >= 0.3 is 0 Å². The van der Waals surface area contributed by atoms with Gasteiger partial charge in [-0.05, 0) is 25.5 Å². The zero-order chi connectivity index (χ0) is 17.4. The quantitative estimate of drug-likeness (QED) is 0.735. The van der Waals surface area contributed by atoms with Crippen LogP contribution in [0.3, 0.4) is 0 Å². The Bertz CT molecular complexity index is 924. The van der Waals surface area contributed by atoms with Gasteiger partial charge in [-0.15, -0.1) is 0 Å². The lowest BCUT2D eigenvalue weighted by molar-refractivity contribution is 0.0585. The van der Waals surface area contributed by atoms with E-state index in [0.717, 1.165) is 29.7 Å². The number of amides is 1. The molecule has 1 saturated heterocycles. The molecule has 2 aromatic heterocycles. The predicted molar refractivity (Wildman–Crippen MR) is 97.6 cm³/mol. The van der Waals surface area contributed by atoms with Gasteiger partial charge in [0.05, 0.1) is 11.4 Å². The van der Waals surface area contributed by atoms with Crippen LogP contribution in [0.4, 0.5) is 0 Å². The highest BCUT2D eigenvalue weighted by atomic mass is 16.2. The molecule has 0 unspecified atom stereocenters. The van der Waals surface area contributed by atoms with E-state index in [-0.39, 0.29) is 5.91 Å². The van der Waals surface area contributed by atoms with Gasteiger partial charge in [0.2, 0.25) is 0 Å². The molecule has 3 aromatic rings. The van der Waals surface area contributed by atoms with Crippen LogP contribution in [-0.4, -0.2) is 38.4 Å². The number of benzene rings is 1. The van der Waals surface area contributed by atoms with Crippen molar-refractivity contribution in [3.63, 3.8) is 0 Å². The van der Waals surface area contributed by atoms with Gasteiger partial charge in [-0.1, -0.05) is 31.2 Å². The molecule has 3 heterocycles. The average Bonchev–Trinajstić information content (AvgIpc) is 2.94. The zero-order valence-electron chi connectivity index (χ0n) is 14.6. The van der Waals surface area contributed by atoms with Crippen molar-refractivity contribution in [1.29, 1.82) is 0 Å². The van der Waals surface area contributed by atoms with Crippen LogP contribution in [0.15, 0.2) is 42.6 Å². The number of carbonyl (C=O) groups excluding carboxylic acids is 1. The lowest BCUT2D eigenvalue weighted by Crippen LogP contribution is -2.49. The Morgan fingerprint density at radius 1 is 1.20 bits per heavy atom. The largest absolute Gasteiger partial charge is 0.336 e. The summed E-state index contributed by atoms with van der Waals surface area (Å²) in [5.74, 6) is 1.44. The first kappa shape index (κ1) is 15.8. The summed E-state index contributed by atoms with van der Waals surface area (Å²) >= 11 is 0. The first-order chi connectivity index (χ1) is 12.2. The highest BCUT2D eigenvalue weighted by Crippen LogP contribution is 2.28. The van der Waals surface area contributed by atoms with E-state index in [9.17, 15) is 4.79 Å². The first-order valence-electron chi connectivity index (χ1n) is 8.84. The van der Waals surface area contributed by atoms with Gasteiger partial charge in [-0.3, -0.25) is 4.79 Å². The van der Waals surface area contributed by atoms with Gasteiger partial charge < -0.3 is 9.47 Å². The summed E-state index contributed by atoms with van der Waals surface area (Å²) in [6.07, 6.45) is 3.01. The lowest BCUT2D eigenvalue weighted by Gasteiger charge is -2.38. The fourth-order valence-corrected chi connectivity index (χ4v) is 3.47. The third kappa shape index (κ3) is 2.80. The van der Waals surface area contributed by atoms with Crippen LogP contribution in [0.2, 0.25) is 0 Å². The number of aryl methyl sites for hydroxylation is 1. The maximum atomic E-state index is 12.7. The van der Waals surface area contributed by atoms with Crippen molar-refractivity contribution < 1.29 is 4.79 Å². The molecule has 1 amide bonds. The smallest absolute Gasteiger partial charge is 0.272 e. The fourth-order valence-electron chi connectivity index (χ4n) is 3.47. The fraction of sp³-hybridized carbons (Fsp3) is 0.350. The average molecular weight is 334 g/mol. The Hall–Kier alpha value is -2.69. The molecule has 1 aromatic carbocycles. The molecule has 25 heavy (non-hydrogen) atoms. The van der Waals surface area contributed by atoms with Crippen molar-refractivity contribution in [2.75, 3.05) is 13.1 Å². The molecule has 0 radical (unpaired) electrons. The molecule has 128 valence electrons. The van der Waals surface area contributed by atoms with E-state index in [1.165, 1.54) is 5.69 Å². The molecule has 0 bridgehead atoms. The number of rotatable bonds is 4. The summed E-state index contributed by atoms with van der Waals surface area (Å²) in [4.78, 5) is 23.7. The molecule has 1 aliphatic rings. The number of fused-ring (bicyclic) bond motifs is 1. The predicted octanol–water partition coefficient (Wildman–Crippen LogP) is 3.39. The third-order valence-corrected chi connectivity index (χ3v) is 4.88. The van der Waals surface area contributed by atoms with Crippen molar-refractivity contribution in [2.24, 2.45) is 0 Å². The summed E-state index contributed by atoms with van der Waals surface area (Å²) in [5.41, 5.74) is 2.57. The Morgan fingerprint density at radius 2 is 2.00 bits per heavy atom. The van der Waals surface area contributed by atoms with Crippen molar-refractivity contribution in [2.45, 2.75) is 32.7 Å². The molecule has 5 nitrogen and oxygen atoms in total. The SMILES string of the molecule is CCCn1c(C)cnc1C1CN(C(=O)c2ccc3ccccc3n2)C1. The van der Waals surface area contributed by atoms with Crippen molar-refractivity contribution in [3.8, 4) is 0 Å². The van der Waals surface area contributed by atoms with Gasteiger partial charge in [0.1, 0.15) is 11.5 Å². The van der Waals surface area contributed by atoms with Crippen molar-refractivity contribution in [1.82, 2.24) is 19.4 Å². The molecule has 0 N–H and O–H groups in total. The number of hydrogen-bond acceptors (Lipinski definition) is 3. The minimum absolute atomic E-state index is 0.00678. The second kappa shape index (κ2) is 6.31. The summed E-state index contributed by atoms with van der Waals surface area (Å²) in [6, 6.07) is 11.6. The topological polar surface area (TPSA) is 51.0 Å². The minimum atomic E-state index is 0.00678. The number of hydrogen-bond donors (Lipinski definition) is 0. The number of para-hydroxylation sites is 1. The molecular weight excluding hydrogens is 312 g/mol. The molecule has 0 spiro atoms. The maximum Gasteiger partial charge on any atom is 0.272 e. The second-order valence-corrected chi connectivity index (χ2v) is 6.71. The standard InChI is InChI=1S/C20H22N4O/c1-3-10-24-14(2)11-21-19(24)16-12-23(13-16)20(25)18-9-8-15-6-4-5-7-17(15)22-18/h4-9,11,16H,3,10,12-13H2,1-2H3. The van der Waals surface area contributed by atoms with Crippen LogP contribution in [0.25, 0.3) is 10.9 Å². The maximum absolute atomic E-state index is 12.7. The van der Waals surface area contributed by atoms with E-state index in [4.69, 9.17) is 0 Å². The van der Waals surface area contributed by atoms with Gasteiger partial charge in [0, 0.05) is 36.9 Å². The van der Waals surface area contributed by atoms with Crippen molar-refractivity contribution >= 4 is 16.8 Å². The van der Waals surface area contributed by atoms with Crippen LogP contribution in [0.1, 0.15) is 41.3 Å². The van der Waals surface area contributed by atoms with Crippen LogP contribution in [-0.2, 0) is 6.54 Å². The molecule has 5 heteroatoms. The Morgan fingerprint density at radius 3 is 2.80 bits per heavy atom. The number of pyridine rings is 1. The van der Waals surface area contributed by atoms with E-state index in [1.54, 1.807) is 0 Å². The lowest BCUT2D eigenvalue weighted by atomic mass is 9.98. The Balaban J connectivity index is 1.49. The van der Waals surface area contributed by atoms with Gasteiger partial charge in [0.25, 0.3) is 5.91 Å². The third-order valence-electron chi connectivity index (χ3n) is 4.88. The van der Waals surface area contributed by atoms with E-state index < -0.39 is 0 Å². The zero-order valence-corrected chi connectivity index (χ0v) is 14.6. The van der Waals surface area contributed by atoms with Crippen LogP contribution in [0, 0.1) is 6.92 Å². The molecule has 1 fully saturated rings. The molecular formula is C20H22N4O. The first-order valence-corrected chi connectivity index (χ1v) is 8.84. The second-order valence-electron chi connectivity index (χ2n) is 6.71. The molecule has 0 saturated carbocycles. The van der Waals surface area contributed by atoms with E-state index in [2.05, 4.69) is 28.4 Å². The highest BCUT2D eigenvalue weighted by Gasteiger charge is 2.35. The summed E-state index contributed by atoms with van der Waals surface area (Å²) in [6.45, 7) is 6.68. The van der Waals surface area contributed by atoms with Gasteiger partial charge in [0.15, 0.2) is 0 Å². The van der Waals surface area contributed by atoms with Gasteiger partial charge in [-0.25, -0.2) is 9.97 Å². The monoisotopic (exact) mass is 334 g/mol. The molecule has 0 atom stereocenters. The minimum Gasteiger partial charge on any atom is -0.336 e. The number of imidazole rings is 1. The summed E-state index contributed by atoms with van der Waals surface area (Å²) in [7, 11) is 0. The van der Waals surface area contributed by atoms with Gasteiger partial charge in [-0.2, -0.15) is 0 Å². The number of nitrogens with zero attached hydrogens (tertiary/aromatic N) is 4. The Kier molecular flexibility index (Phi) is 3.99. The summed E-state index contributed by atoms with van der Waals surface area (Å²) in [5, 5.41) is 1.05. The highest BCUT2D eigenvalue weighted by molar-refractivity contribution is 5.95. The van der Waals surface area contributed by atoms with E-state index in [0.29, 0.717) is 24.7 Å². The molecule has 0 aliphatic carbocycles. The molecule has 1 aliphatic heterocycles. The van der Waals surface area contributed by atoms with Crippen LogP contribution >= 0.6 is 0 Å². The number of aromatic nitrogens is 3. The van der Waals surface area contributed by atoms with Crippen molar-refractivity contribution in [3.05, 3.63) is 59.8 Å². The van der Waals surface area contributed by atoms with E-state index >= 15 is 0 Å². The normalized spacial score (nSPS) is 14.7. The molecule has 4 rings (SSSR count). The van der Waals surface area contributed by atoms with E-state index in [1.807, 2.05) is 47.5 Å². The Labute approximate surface area is 147 Å². The van der Waals surface area contributed by atoms with Crippen LogP contribution < -0.4 is 0 Å². The number of likely N-dealkylation sites (tertiary alicyclic amines) is 1.